The minimum atomic E-state index is -0.540. The second kappa shape index (κ2) is 3.72. The van der Waals surface area contributed by atoms with Gasteiger partial charge in [-0.05, 0) is 78.2 Å². The molecule has 22 heavy (non-hydrogen) atoms. The van der Waals surface area contributed by atoms with Crippen LogP contribution in [-0.2, 0) is 0 Å². The zero-order valence-corrected chi connectivity index (χ0v) is 12.3. The van der Waals surface area contributed by atoms with Gasteiger partial charge in [0.2, 0.25) is 5.95 Å². The summed E-state index contributed by atoms with van der Waals surface area (Å²) in [5, 5.41) is 3.11. The predicted octanol–water partition coefficient (Wildman–Crippen LogP) is 2.34. The quantitative estimate of drug-likeness (QED) is 0.870. The fourth-order valence-electron chi connectivity index (χ4n) is 7.91. The molecule has 0 aliphatic heterocycles. The van der Waals surface area contributed by atoms with Crippen molar-refractivity contribution in [1.29, 1.82) is 0 Å². The predicted molar refractivity (Wildman–Crippen MR) is 77.2 cm³/mol. The van der Waals surface area contributed by atoms with Crippen molar-refractivity contribution in [3.63, 3.8) is 0 Å². The molecule has 3 nitrogen and oxygen atoms in total. The van der Waals surface area contributed by atoms with Gasteiger partial charge < -0.3 is 5.32 Å². The van der Waals surface area contributed by atoms with E-state index < -0.39 is 5.95 Å². The first-order valence-corrected chi connectivity index (χ1v) is 8.64. The number of aromatic nitrogens is 1. The Hall–Kier alpha value is -1.45. The van der Waals surface area contributed by atoms with E-state index in [4.69, 9.17) is 0 Å². The zero-order chi connectivity index (χ0) is 14.6. The maximum atomic E-state index is 12.8. The summed E-state index contributed by atoms with van der Waals surface area (Å²) < 4.78 is 12.8. The third-order valence-electron chi connectivity index (χ3n) is 7.97. The number of carbonyl (C=O) groups is 1. The Kier molecular flexibility index (Phi) is 2.03. The molecule has 1 amide bonds. The average Bonchev–Trinajstić information content (AvgIpc) is 3.24. The number of pyridine rings is 1. The molecule has 8 unspecified atom stereocenters. The van der Waals surface area contributed by atoms with Crippen LogP contribution in [-0.4, -0.2) is 17.4 Å². The Balaban J connectivity index is 1.20. The van der Waals surface area contributed by atoms with Crippen molar-refractivity contribution in [3.05, 3.63) is 29.8 Å². The van der Waals surface area contributed by atoms with Gasteiger partial charge in [-0.2, -0.15) is 4.39 Å². The van der Waals surface area contributed by atoms with Crippen molar-refractivity contribution in [2.24, 2.45) is 53.3 Å². The standard InChI is InChI=1S/C18H19FN2O/c19-13-2-1-7(5-20-13)18(22)21-6-12-16-10-3-8-9-4-11(14(8)16)17(12)15(9)10/h1-2,5,8-12,14-17H,3-4,6H2,(H,21,22). The highest BCUT2D eigenvalue weighted by Gasteiger charge is 2.79. The first-order valence-electron chi connectivity index (χ1n) is 8.64. The SMILES string of the molecule is O=C(NCC1C2C3CC4C5CC(C42)C1C53)c1ccc(F)nc1. The molecule has 0 saturated heterocycles. The van der Waals surface area contributed by atoms with Crippen LogP contribution in [0.4, 0.5) is 4.39 Å². The fraction of sp³-hybridized carbons (Fsp3) is 0.667. The van der Waals surface area contributed by atoms with Crippen molar-refractivity contribution < 1.29 is 9.18 Å². The molecule has 1 N–H and O–H groups in total. The van der Waals surface area contributed by atoms with E-state index in [1.54, 1.807) is 0 Å². The molecule has 4 heteroatoms. The van der Waals surface area contributed by atoms with Gasteiger partial charge in [-0.15, -0.1) is 0 Å². The topological polar surface area (TPSA) is 42.0 Å². The molecule has 7 rings (SSSR count). The number of hydrogen-bond donors (Lipinski definition) is 1. The normalized spacial score (nSPS) is 51.4. The number of amides is 1. The summed E-state index contributed by atoms with van der Waals surface area (Å²) in [4.78, 5) is 15.8. The van der Waals surface area contributed by atoms with Gasteiger partial charge in [0, 0.05) is 12.7 Å². The lowest BCUT2D eigenvalue weighted by Gasteiger charge is -2.33. The number of nitrogens with zero attached hydrogens (tertiary/aromatic N) is 1. The number of carbonyl (C=O) groups excluding carboxylic acids is 1. The molecule has 8 atom stereocenters. The van der Waals surface area contributed by atoms with Crippen molar-refractivity contribution in [2.75, 3.05) is 6.54 Å². The Morgan fingerprint density at radius 1 is 1.09 bits per heavy atom. The number of rotatable bonds is 3. The van der Waals surface area contributed by atoms with Crippen LogP contribution < -0.4 is 5.32 Å². The van der Waals surface area contributed by atoms with Gasteiger partial charge in [0.15, 0.2) is 0 Å². The van der Waals surface area contributed by atoms with Gasteiger partial charge in [-0.3, -0.25) is 4.79 Å². The third kappa shape index (κ3) is 1.18. The van der Waals surface area contributed by atoms with Crippen LogP contribution in [0.25, 0.3) is 0 Å². The minimum absolute atomic E-state index is 0.106. The molecule has 114 valence electrons. The molecule has 0 aromatic carbocycles. The van der Waals surface area contributed by atoms with Crippen LogP contribution in [0.3, 0.4) is 0 Å². The minimum Gasteiger partial charge on any atom is -0.352 e. The van der Waals surface area contributed by atoms with Gasteiger partial charge in [-0.1, -0.05) is 0 Å². The van der Waals surface area contributed by atoms with E-state index in [0.29, 0.717) is 11.5 Å². The molecule has 1 heterocycles. The Labute approximate surface area is 128 Å². The molecule has 6 bridgehead atoms. The molecule has 6 aliphatic rings. The molecule has 1 aromatic rings. The Morgan fingerprint density at radius 3 is 2.36 bits per heavy atom. The summed E-state index contributed by atoms with van der Waals surface area (Å²) in [5.41, 5.74) is 0.461. The molecule has 6 aliphatic carbocycles. The fourth-order valence-corrected chi connectivity index (χ4v) is 7.91. The van der Waals surface area contributed by atoms with Crippen molar-refractivity contribution in [2.45, 2.75) is 12.8 Å². The van der Waals surface area contributed by atoms with Crippen LogP contribution in [0.15, 0.2) is 18.3 Å². The van der Waals surface area contributed by atoms with E-state index in [2.05, 4.69) is 10.3 Å². The molecule has 0 spiro atoms. The summed E-state index contributed by atoms with van der Waals surface area (Å²) in [6.07, 6.45) is 4.31. The highest BCUT2D eigenvalue weighted by molar-refractivity contribution is 5.93. The first-order chi connectivity index (χ1) is 10.7. The second-order valence-electron chi connectivity index (χ2n) is 8.18. The number of hydrogen-bond acceptors (Lipinski definition) is 2. The lowest BCUT2D eigenvalue weighted by molar-refractivity contribution is 0.0941. The maximum Gasteiger partial charge on any atom is 0.252 e. The van der Waals surface area contributed by atoms with Crippen molar-refractivity contribution >= 4 is 5.91 Å². The van der Waals surface area contributed by atoms with Crippen LogP contribution in [0.5, 0.6) is 0 Å². The van der Waals surface area contributed by atoms with Crippen LogP contribution >= 0.6 is 0 Å². The van der Waals surface area contributed by atoms with Crippen molar-refractivity contribution in [3.8, 4) is 0 Å². The Bertz CT molecular complexity index is 646. The molecular formula is C18H19FN2O. The maximum absolute atomic E-state index is 12.8. The van der Waals surface area contributed by atoms with Gasteiger partial charge >= 0.3 is 0 Å². The first kappa shape index (κ1) is 12.0. The van der Waals surface area contributed by atoms with Crippen LogP contribution in [0, 0.1) is 59.2 Å². The average molecular weight is 298 g/mol. The molecule has 1 aromatic heterocycles. The second-order valence-corrected chi connectivity index (χ2v) is 8.18. The summed E-state index contributed by atoms with van der Waals surface area (Å²) >= 11 is 0. The Morgan fingerprint density at radius 2 is 1.77 bits per heavy atom. The summed E-state index contributed by atoms with van der Waals surface area (Å²) in [7, 11) is 0. The number of nitrogens with one attached hydrogen (secondary N) is 1. The molecule has 0 radical (unpaired) electrons. The highest BCUT2D eigenvalue weighted by Crippen LogP contribution is 2.84. The zero-order valence-electron chi connectivity index (χ0n) is 12.3. The van der Waals surface area contributed by atoms with Crippen LogP contribution in [0.2, 0.25) is 0 Å². The summed E-state index contributed by atoms with van der Waals surface area (Å²) in [6.45, 7) is 0.810. The highest BCUT2D eigenvalue weighted by atomic mass is 19.1. The summed E-state index contributed by atoms with van der Waals surface area (Å²) in [5.74, 6) is 7.92. The smallest absolute Gasteiger partial charge is 0.252 e. The third-order valence-corrected chi connectivity index (χ3v) is 7.97. The molecular weight excluding hydrogens is 279 g/mol. The van der Waals surface area contributed by atoms with Gasteiger partial charge in [-0.25, -0.2) is 4.98 Å². The van der Waals surface area contributed by atoms with Gasteiger partial charge in [0.25, 0.3) is 5.91 Å². The van der Waals surface area contributed by atoms with Gasteiger partial charge in [0.1, 0.15) is 0 Å². The largest absolute Gasteiger partial charge is 0.352 e. The van der Waals surface area contributed by atoms with E-state index in [1.807, 2.05) is 0 Å². The molecule has 6 fully saturated rings. The van der Waals surface area contributed by atoms with Crippen molar-refractivity contribution in [1.82, 2.24) is 10.3 Å². The van der Waals surface area contributed by atoms with E-state index in [9.17, 15) is 9.18 Å². The monoisotopic (exact) mass is 298 g/mol. The van der Waals surface area contributed by atoms with E-state index >= 15 is 0 Å². The summed E-state index contributed by atoms with van der Waals surface area (Å²) in [6, 6.07) is 2.76. The van der Waals surface area contributed by atoms with E-state index in [1.165, 1.54) is 31.2 Å². The van der Waals surface area contributed by atoms with Crippen LogP contribution in [0.1, 0.15) is 23.2 Å². The lowest BCUT2D eigenvalue weighted by atomic mass is 9.71. The molecule has 6 saturated carbocycles. The van der Waals surface area contributed by atoms with Gasteiger partial charge in [0.05, 0.1) is 5.56 Å². The lowest BCUT2D eigenvalue weighted by Crippen LogP contribution is -2.32. The van der Waals surface area contributed by atoms with E-state index in [0.717, 1.165) is 53.9 Å². The number of halogens is 1. The van der Waals surface area contributed by atoms with E-state index in [-0.39, 0.29) is 5.91 Å².